The molecule has 2 rings (SSSR count). The highest BCUT2D eigenvalue weighted by atomic mass is 32.2. The lowest BCUT2D eigenvalue weighted by atomic mass is 10.0. The molecule has 4 nitrogen and oxygen atoms in total. The Balaban J connectivity index is 1.93. The molecule has 0 radical (unpaired) electrons. The number of esters is 1. The predicted molar refractivity (Wildman–Crippen MR) is 112 cm³/mol. The van der Waals surface area contributed by atoms with E-state index in [0.29, 0.717) is 0 Å². The van der Waals surface area contributed by atoms with Crippen molar-refractivity contribution in [2.24, 2.45) is 0 Å². The Morgan fingerprint density at radius 3 is 2.33 bits per heavy atom. The minimum absolute atomic E-state index is 0.278. The molecular formula is C22H25NO3S. The van der Waals surface area contributed by atoms with Crippen molar-refractivity contribution in [1.82, 2.24) is 0 Å². The number of ether oxygens (including phenoxy) is 1. The molecule has 0 spiro atoms. The van der Waals surface area contributed by atoms with Crippen LogP contribution in [0.25, 0.3) is 6.08 Å². The molecule has 2 aromatic carbocycles. The minimum Gasteiger partial charge on any atom is -0.449 e. The number of nitrogens with one attached hydrogen (secondary N) is 1. The molecule has 5 heteroatoms. The van der Waals surface area contributed by atoms with E-state index in [9.17, 15) is 9.59 Å². The average Bonchev–Trinajstić information content (AvgIpc) is 2.67. The van der Waals surface area contributed by atoms with Crippen LogP contribution in [0.3, 0.4) is 0 Å². The molecule has 1 atom stereocenters. The van der Waals surface area contributed by atoms with Crippen molar-refractivity contribution in [2.45, 2.75) is 37.7 Å². The summed E-state index contributed by atoms with van der Waals surface area (Å²) < 4.78 is 5.21. The van der Waals surface area contributed by atoms with Crippen molar-refractivity contribution in [3.05, 3.63) is 65.7 Å². The molecule has 1 amide bonds. The average molecular weight is 384 g/mol. The van der Waals surface area contributed by atoms with Gasteiger partial charge in [-0.3, -0.25) is 4.79 Å². The summed E-state index contributed by atoms with van der Waals surface area (Å²) in [6.07, 6.45) is 4.13. The third kappa shape index (κ3) is 6.29. The number of rotatable bonds is 7. The Kier molecular flexibility index (Phi) is 7.67. The van der Waals surface area contributed by atoms with Gasteiger partial charge in [-0.15, -0.1) is 11.8 Å². The lowest BCUT2D eigenvalue weighted by molar-refractivity contribution is -0.148. The van der Waals surface area contributed by atoms with Gasteiger partial charge in [-0.25, -0.2) is 4.79 Å². The van der Waals surface area contributed by atoms with E-state index < -0.39 is 12.1 Å². The summed E-state index contributed by atoms with van der Waals surface area (Å²) in [5.74, 6) is -0.627. The number of thioether (sulfide) groups is 1. The smallest absolute Gasteiger partial charge is 0.331 e. The Bertz CT molecular complexity index is 813. The number of hydrogen-bond acceptors (Lipinski definition) is 4. The zero-order valence-electron chi connectivity index (χ0n) is 16.1. The molecule has 0 fully saturated rings. The Morgan fingerprint density at radius 1 is 1.04 bits per heavy atom. The van der Waals surface area contributed by atoms with Crippen molar-refractivity contribution in [2.75, 3.05) is 11.6 Å². The van der Waals surface area contributed by atoms with Gasteiger partial charge in [0.1, 0.15) is 0 Å². The lowest BCUT2D eigenvalue weighted by Crippen LogP contribution is -2.29. The van der Waals surface area contributed by atoms with Crippen LogP contribution in [-0.2, 0) is 14.3 Å². The molecule has 0 unspecified atom stereocenters. The van der Waals surface area contributed by atoms with Crippen molar-refractivity contribution in [1.29, 1.82) is 0 Å². The van der Waals surface area contributed by atoms with Gasteiger partial charge in [0.05, 0.1) is 0 Å². The van der Waals surface area contributed by atoms with Crippen LogP contribution >= 0.6 is 11.8 Å². The highest BCUT2D eigenvalue weighted by molar-refractivity contribution is 7.98. The SMILES string of the molecule is CSc1ccc(/C=C/C(=O)O[C@@H](C)C(=O)Nc2ccccc2C(C)C)cc1. The van der Waals surface area contributed by atoms with Crippen LogP contribution in [0.1, 0.15) is 37.8 Å². The van der Waals surface area contributed by atoms with E-state index in [1.165, 1.54) is 6.08 Å². The van der Waals surface area contributed by atoms with Gasteiger partial charge in [-0.1, -0.05) is 44.2 Å². The first kappa shape index (κ1) is 20.8. The van der Waals surface area contributed by atoms with Gasteiger partial charge >= 0.3 is 5.97 Å². The molecule has 0 saturated heterocycles. The summed E-state index contributed by atoms with van der Waals surface area (Å²) >= 11 is 1.66. The first-order valence-corrected chi connectivity index (χ1v) is 10.1. The maximum atomic E-state index is 12.4. The summed E-state index contributed by atoms with van der Waals surface area (Å²) in [7, 11) is 0. The number of hydrogen-bond donors (Lipinski definition) is 1. The Morgan fingerprint density at radius 2 is 1.70 bits per heavy atom. The first-order chi connectivity index (χ1) is 12.9. The summed E-state index contributed by atoms with van der Waals surface area (Å²) in [4.78, 5) is 25.5. The maximum absolute atomic E-state index is 12.4. The fraction of sp³-hybridized carbons (Fsp3) is 0.273. The molecule has 0 aromatic heterocycles. The highest BCUT2D eigenvalue weighted by Crippen LogP contribution is 2.24. The Hall–Kier alpha value is -2.53. The van der Waals surface area contributed by atoms with Gasteiger partial charge in [0.25, 0.3) is 5.91 Å². The van der Waals surface area contributed by atoms with Gasteiger partial charge in [-0.05, 0) is 54.5 Å². The predicted octanol–water partition coefficient (Wildman–Crippen LogP) is 5.12. The van der Waals surface area contributed by atoms with Crippen LogP contribution in [0.4, 0.5) is 5.69 Å². The molecule has 0 aliphatic heterocycles. The molecule has 2 aromatic rings. The van der Waals surface area contributed by atoms with Crippen molar-refractivity contribution >= 4 is 35.4 Å². The molecule has 0 aliphatic rings. The van der Waals surface area contributed by atoms with E-state index in [0.717, 1.165) is 21.7 Å². The fourth-order valence-corrected chi connectivity index (χ4v) is 2.90. The third-order valence-electron chi connectivity index (χ3n) is 4.03. The van der Waals surface area contributed by atoms with E-state index in [1.54, 1.807) is 24.8 Å². The monoisotopic (exact) mass is 383 g/mol. The van der Waals surface area contributed by atoms with E-state index in [-0.39, 0.29) is 11.8 Å². The fourth-order valence-electron chi connectivity index (χ4n) is 2.49. The second-order valence-corrected chi connectivity index (χ2v) is 7.30. The summed E-state index contributed by atoms with van der Waals surface area (Å²) in [5.41, 5.74) is 2.68. The number of carbonyl (C=O) groups excluding carboxylic acids is 2. The number of benzene rings is 2. The highest BCUT2D eigenvalue weighted by Gasteiger charge is 2.18. The van der Waals surface area contributed by atoms with Gasteiger partial charge in [-0.2, -0.15) is 0 Å². The zero-order valence-corrected chi connectivity index (χ0v) is 16.9. The molecular weight excluding hydrogens is 358 g/mol. The molecule has 0 bridgehead atoms. The molecule has 0 heterocycles. The van der Waals surface area contributed by atoms with Crippen molar-refractivity contribution in [3.8, 4) is 0 Å². The number of para-hydroxylation sites is 1. The second kappa shape index (κ2) is 9.97. The summed E-state index contributed by atoms with van der Waals surface area (Å²) in [5, 5.41) is 2.84. The minimum atomic E-state index is -0.888. The first-order valence-electron chi connectivity index (χ1n) is 8.83. The van der Waals surface area contributed by atoms with Crippen molar-refractivity contribution < 1.29 is 14.3 Å². The van der Waals surface area contributed by atoms with Crippen LogP contribution in [0.15, 0.2) is 59.5 Å². The van der Waals surface area contributed by atoms with Gasteiger partial charge < -0.3 is 10.1 Å². The molecule has 27 heavy (non-hydrogen) atoms. The van der Waals surface area contributed by atoms with Crippen molar-refractivity contribution in [3.63, 3.8) is 0 Å². The van der Waals surface area contributed by atoms with Crippen LogP contribution < -0.4 is 5.32 Å². The maximum Gasteiger partial charge on any atom is 0.331 e. The van der Waals surface area contributed by atoms with E-state index in [1.807, 2.05) is 54.8 Å². The van der Waals surface area contributed by atoms with Gasteiger partial charge in [0.2, 0.25) is 0 Å². The molecule has 0 aliphatic carbocycles. The van der Waals surface area contributed by atoms with E-state index in [4.69, 9.17) is 4.74 Å². The molecule has 142 valence electrons. The second-order valence-electron chi connectivity index (χ2n) is 6.42. The summed E-state index contributed by atoms with van der Waals surface area (Å²) in [6.45, 7) is 5.68. The van der Waals surface area contributed by atoms with E-state index >= 15 is 0 Å². The molecule has 1 N–H and O–H groups in total. The third-order valence-corrected chi connectivity index (χ3v) is 4.77. The largest absolute Gasteiger partial charge is 0.449 e. The number of amides is 1. The van der Waals surface area contributed by atoms with Crippen LogP contribution in [0, 0.1) is 0 Å². The van der Waals surface area contributed by atoms with Crippen LogP contribution in [-0.4, -0.2) is 24.2 Å². The normalized spacial score (nSPS) is 12.2. The number of anilines is 1. The molecule has 0 saturated carbocycles. The Labute approximate surface area is 165 Å². The van der Waals surface area contributed by atoms with Crippen LogP contribution in [0.5, 0.6) is 0 Å². The van der Waals surface area contributed by atoms with Gasteiger partial charge in [0, 0.05) is 16.7 Å². The topological polar surface area (TPSA) is 55.4 Å². The van der Waals surface area contributed by atoms with E-state index in [2.05, 4.69) is 19.2 Å². The number of carbonyl (C=O) groups is 2. The quantitative estimate of drug-likeness (QED) is 0.410. The zero-order chi connectivity index (χ0) is 19.8. The van der Waals surface area contributed by atoms with Gasteiger partial charge in [0.15, 0.2) is 6.10 Å². The standard InChI is InChI=1S/C22H25NO3S/c1-15(2)19-7-5-6-8-20(19)23-22(25)16(3)26-21(24)14-11-17-9-12-18(27-4)13-10-17/h5-16H,1-4H3,(H,23,25)/b14-11+/t16-/m0/s1. The van der Waals surface area contributed by atoms with Crippen LogP contribution in [0.2, 0.25) is 0 Å². The summed E-state index contributed by atoms with van der Waals surface area (Å²) in [6, 6.07) is 15.4. The lowest BCUT2D eigenvalue weighted by Gasteiger charge is -2.16.